The van der Waals surface area contributed by atoms with Gasteiger partial charge in [-0.3, -0.25) is 4.79 Å². The summed E-state index contributed by atoms with van der Waals surface area (Å²) in [6, 6.07) is 23.4. The fourth-order valence-electron chi connectivity index (χ4n) is 4.93. The maximum absolute atomic E-state index is 13.1. The number of rotatable bonds is 6. The Hall–Kier alpha value is -4.66. The number of para-hydroxylation sites is 1. The second-order valence-corrected chi connectivity index (χ2v) is 9.24. The van der Waals surface area contributed by atoms with E-state index in [0.717, 1.165) is 45.1 Å². The lowest BCUT2D eigenvalue weighted by atomic mass is 10.1. The molecule has 38 heavy (non-hydrogen) atoms. The van der Waals surface area contributed by atoms with Gasteiger partial charge in [-0.25, -0.2) is 9.38 Å². The lowest BCUT2D eigenvalue weighted by molar-refractivity contribution is -0.130. The van der Waals surface area contributed by atoms with Crippen LogP contribution in [0.1, 0.15) is 5.56 Å². The van der Waals surface area contributed by atoms with Gasteiger partial charge >= 0.3 is 0 Å². The second-order valence-electron chi connectivity index (χ2n) is 9.24. The molecule has 1 aliphatic rings. The molecule has 9 heteroatoms. The van der Waals surface area contributed by atoms with Gasteiger partial charge in [0, 0.05) is 37.1 Å². The first-order valence-electron chi connectivity index (χ1n) is 12.6. The standard InChI is InChI=1S/C29H28N6O3/c1-37-22-12-10-21(11-13-22)27-31-32-28-24-8-3-4-9-25(24)30-29(35(27)28)34-16-14-33(15-17-34)26(36)19-20-6-5-7-23(18-20)38-2/h3-13,18H,14-17,19H2,1-2H3. The molecule has 3 heterocycles. The van der Waals surface area contributed by atoms with Crippen molar-refractivity contribution in [2.45, 2.75) is 6.42 Å². The van der Waals surface area contributed by atoms with E-state index in [4.69, 9.17) is 14.5 Å². The number of fused-ring (bicyclic) bond motifs is 3. The Morgan fingerprint density at radius 3 is 2.37 bits per heavy atom. The van der Waals surface area contributed by atoms with Crippen LogP contribution in [-0.2, 0) is 11.2 Å². The average Bonchev–Trinajstić information content (AvgIpc) is 3.42. The van der Waals surface area contributed by atoms with E-state index in [9.17, 15) is 4.79 Å². The molecule has 0 unspecified atom stereocenters. The number of piperazine rings is 1. The van der Waals surface area contributed by atoms with E-state index in [2.05, 4.69) is 15.1 Å². The monoisotopic (exact) mass is 508 g/mol. The quantitative estimate of drug-likeness (QED) is 0.344. The van der Waals surface area contributed by atoms with Crippen molar-refractivity contribution in [3.8, 4) is 22.9 Å². The number of carbonyl (C=O) groups excluding carboxylic acids is 1. The summed E-state index contributed by atoms with van der Waals surface area (Å²) in [6.07, 6.45) is 0.350. The molecule has 0 radical (unpaired) electrons. The van der Waals surface area contributed by atoms with Crippen LogP contribution in [0.5, 0.6) is 11.5 Å². The molecule has 0 spiro atoms. The first-order chi connectivity index (χ1) is 18.6. The molecule has 1 saturated heterocycles. The summed E-state index contributed by atoms with van der Waals surface area (Å²) in [5, 5.41) is 10.1. The molecule has 6 rings (SSSR count). The fourth-order valence-corrected chi connectivity index (χ4v) is 4.93. The number of nitrogens with zero attached hydrogens (tertiary/aromatic N) is 6. The van der Waals surface area contributed by atoms with Gasteiger partial charge in [0.15, 0.2) is 11.5 Å². The van der Waals surface area contributed by atoms with Crippen LogP contribution in [0.3, 0.4) is 0 Å². The Morgan fingerprint density at radius 2 is 1.61 bits per heavy atom. The van der Waals surface area contributed by atoms with Crippen LogP contribution >= 0.6 is 0 Å². The Labute approximate surface area is 220 Å². The molecule has 5 aromatic rings. The number of carbonyl (C=O) groups is 1. The number of amides is 1. The second kappa shape index (κ2) is 10.0. The Balaban J connectivity index is 1.30. The molecule has 0 saturated carbocycles. The van der Waals surface area contributed by atoms with Crippen LogP contribution in [0, 0.1) is 0 Å². The van der Waals surface area contributed by atoms with E-state index >= 15 is 0 Å². The minimum atomic E-state index is 0.109. The average molecular weight is 509 g/mol. The fraction of sp³-hybridized carbons (Fsp3) is 0.241. The maximum atomic E-state index is 13.1. The molecule has 0 atom stereocenters. The van der Waals surface area contributed by atoms with Crippen molar-refractivity contribution in [2.24, 2.45) is 0 Å². The summed E-state index contributed by atoms with van der Waals surface area (Å²) in [7, 11) is 3.28. The zero-order chi connectivity index (χ0) is 26.1. The zero-order valence-corrected chi connectivity index (χ0v) is 21.4. The number of hydrogen-bond donors (Lipinski definition) is 0. The van der Waals surface area contributed by atoms with Crippen molar-refractivity contribution in [2.75, 3.05) is 45.3 Å². The molecule has 0 bridgehead atoms. The Morgan fingerprint density at radius 1 is 0.842 bits per heavy atom. The molecule has 192 valence electrons. The van der Waals surface area contributed by atoms with E-state index in [0.29, 0.717) is 38.4 Å². The van der Waals surface area contributed by atoms with Gasteiger partial charge < -0.3 is 19.3 Å². The van der Waals surface area contributed by atoms with Crippen LogP contribution in [-0.4, -0.2) is 70.8 Å². The summed E-state index contributed by atoms with van der Waals surface area (Å²) in [5.41, 5.74) is 3.49. The van der Waals surface area contributed by atoms with Gasteiger partial charge in [-0.05, 0) is 54.1 Å². The lowest BCUT2D eigenvalue weighted by Crippen LogP contribution is -2.50. The van der Waals surface area contributed by atoms with E-state index in [-0.39, 0.29) is 5.91 Å². The van der Waals surface area contributed by atoms with Gasteiger partial charge in [-0.1, -0.05) is 24.3 Å². The molecule has 2 aromatic heterocycles. The molecule has 1 aliphatic heterocycles. The third-order valence-electron chi connectivity index (χ3n) is 6.98. The zero-order valence-electron chi connectivity index (χ0n) is 21.4. The SMILES string of the molecule is COc1ccc(-c2nnc3c4ccccc4nc(N4CCN(C(=O)Cc5cccc(OC)c5)CC4)n23)cc1. The third kappa shape index (κ3) is 4.36. The highest BCUT2D eigenvalue weighted by atomic mass is 16.5. The molecule has 1 amide bonds. The van der Waals surface area contributed by atoms with Crippen LogP contribution in [0.4, 0.5) is 5.95 Å². The molecule has 1 fully saturated rings. The van der Waals surface area contributed by atoms with Gasteiger partial charge in [0.25, 0.3) is 0 Å². The molecular formula is C29H28N6O3. The Bertz CT molecular complexity index is 1610. The number of anilines is 1. The predicted octanol–water partition coefficient (Wildman–Crippen LogP) is 3.85. The number of benzene rings is 3. The van der Waals surface area contributed by atoms with Crippen molar-refractivity contribution < 1.29 is 14.3 Å². The lowest BCUT2D eigenvalue weighted by Gasteiger charge is -2.35. The van der Waals surface area contributed by atoms with Gasteiger partial charge in [0.05, 0.1) is 26.2 Å². The van der Waals surface area contributed by atoms with Crippen molar-refractivity contribution in [3.05, 3.63) is 78.4 Å². The minimum Gasteiger partial charge on any atom is -0.497 e. The summed E-state index contributed by atoms with van der Waals surface area (Å²) in [5.74, 6) is 3.13. The molecule has 0 N–H and O–H groups in total. The number of hydrogen-bond acceptors (Lipinski definition) is 7. The smallest absolute Gasteiger partial charge is 0.227 e. The van der Waals surface area contributed by atoms with Crippen LogP contribution < -0.4 is 14.4 Å². The highest BCUT2D eigenvalue weighted by Crippen LogP contribution is 2.30. The van der Waals surface area contributed by atoms with E-state index in [1.165, 1.54) is 0 Å². The Kier molecular flexibility index (Phi) is 6.25. The minimum absolute atomic E-state index is 0.109. The van der Waals surface area contributed by atoms with Gasteiger partial charge in [0.2, 0.25) is 11.9 Å². The largest absolute Gasteiger partial charge is 0.497 e. The molecule has 9 nitrogen and oxygen atoms in total. The topological polar surface area (TPSA) is 85.1 Å². The van der Waals surface area contributed by atoms with Crippen molar-refractivity contribution >= 4 is 28.4 Å². The molecular weight excluding hydrogens is 480 g/mol. The van der Waals surface area contributed by atoms with Crippen molar-refractivity contribution in [3.63, 3.8) is 0 Å². The van der Waals surface area contributed by atoms with Gasteiger partial charge in [-0.15, -0.1) is 10.2 Å². The van der Waals surface area contributed by atoms with Crippen LogP contribution in [0.15, 0.2) is 72.8 Å². The van der Waals surface area contributed by atoms with Gasteiger partial charge in [0.1, 0.15) is 11.5 Å². The molecule has 0 aliphatic carbocycles. The predicted molar refractivity (Wildman–Crippen MR) is 146 cm³/mol. The number of aromatic nitrogens is 4. The first-order valence-corrected chi connectivity index (χ1v) is 12.6. The van der Waals surface area contributed by atoms with Crippen LogP contribution in [0.25, 0.3) is 27.9 Å². The van der Waals surface area contributed by atoms with E-state index in [1.54, 1.807) is 14.2 Å². The van der Waals surface area contributed by atoms with E-state index in [1.807, 2.05) is 82.1 Å². The third-order valence-corrected chi connectivity index (χ3v) is 6.98. The van der Waals surface area contributed by atoms with Gasteiger partial charge in [-0.2, -0.15) is 0 Å². The number of methoxy groups -OCH3 is 2. The maximum Gasteiger partial charge on any atom is 0.227 e. The van der Waals surface area contributed by atoms with E-state index < -0.39 is 0 Å². The highest BCUT2D eigenvalue weighted by Gasteiger charge is 2.26. The number of ether oxygens (including phenoxy) is 2. The first kappa shape index (κ1) is 23.7. The van der Waals surface area contributed by atoms with Crippen LogP contribution in [0.2, 0.25) is 0 Å². The summed E-state index contributed by atoms with van der Waals surface area (Å²) < 4.78 is 12.7. The normalized spacial score (nSPS) is 13.7. The molecule has 3 aromatic carbocycles. The van der Waals surface area contributed by atoms with Crippen molar-refractivity contribution in [1.29, 1.82) is 0 Å². The summed E-state index contributed by atoms with van der Waals surface area (Å²) in [6.45, 7) is 2.53. The summed E-state index contributed by atoms with van der Waals surface area (Å²) in [4.78, 5) is 22.2. The van der Waals surface area contributed by atoms with Crippen molar-refractivity contribution in [1.82, 2.24) is 24.5 Å². The highest BCUT2D eigenvalue weighted by molar-refractivity contribution is 5.93. The summed E-state index contributed by atoms with van der Waals surface area (Å²) >= 11 is 0.